The molecule has 3 aromatic carbocycles. The Morgan fingerprint density at radius 3 is 2.46 bits per heavy atom. The lowest BCUT2D eigenvalue weighted by Gasteiger charge is -2.05. The second-order valence-corrected chi connectivity index (χ2v) is 5.60. The zero-order valence-corrected chi connectivity index (χ0v) is 14.0. The van der Waals surface area contributed by atoms with E-state index in [2.05, 4.69) is 5.32 Å². The molecule has 0 radical (unpaired) electrons. The molecule has 5 heteroatoms. The van der Waals surface area contributed by atoms with E-state index in [1.54, 1.807) is 7.11 Å². The van der Waals surface area contributed by atoms with Crippen LogP contribution in [0.3, 0.4) is 0 Å². The van der Waals surface area contributed by atoms with E-state index in [0.717, 1.165) is 22.1 Å². The van der Waals surface area contributed by atoms with Crippen molar-refractivity contribution in [2.24, 2.45) is 0 Å². The number of benzene rings is 3. The van der Waals surface area contributed by atoms with Gasteiger partial charge in [-0.15, -0.1) is 0 Å². The van der Waals surface area contributed by atoms with E-state index in [1.165, 1.54) is 30.3 Å². The van der Waals surface area contributed by atoms with Crippen molar-refractivity contribution < 1.29 is 13.9 Å². The monoisotopic (exact) mass is 346 g/mol. The van der Waals surface area contributed by atoms with Crippen LogP contribution in [0.2, 0.25) is 0 Å². The van der Waals surface area contributed by atoms with Crippen LogP contribution in [-0.2, 0) is 4.79 Å². The van der Waals surface area contributed by atoms with Crippen molar-refractivity contribution in [3.63, 3.8) is 0 Å². The van der Waals surface area contributed by atoms with Gasteiger partial charge in [-0.1, -0.05) is 18.2 Å². The highest BCUT2D eigenvalue weighted by atomic mass is 19.1. The molecule has 0 saturated carbocycles. The normalized spacial score (nSPS) is 11.0. The van der Waals surface area contributed by atoms with E-state index in [0.29, 0.717) is 5.69 Å². The van der Waals surface area contributed by atoms with Crippen molar-refractivity contribution in [2.45, 2.75) is 0 Å². The average Bonchev–Trinajstić information content (AvgIpc) is 2.67. The van der Waals surface area contributed by atoms with Crippen LogP contribution in [0, 0.1) is 17.1 Å². The lowest BCUT2D eigenvalue weighted by Crippen LogP contribution is -2.13. The van der Waals surface area contributed by atoms with Gasteiger partial charge in [-0.25, -0.2) is 4.39 Å². The van der Waals surface area contributed by atoms with Gasteiger partial charge >= 0.3 is 0 Å². The van der Waals surface area contributed by atoms with Crippen molar-refractivity contribution in [2.75, 3.05) is 12.4 Å². The standard InChI is InChI=1S/C21H15FN2O2/c1-26-20-9-4-15-10-14(2-3-16(15)12-20)11-17(13-23)21(25)24-19-7-5-18(22)6-8-19/h2-12H,1H3,(H,24,25)/b17-11+. The van der Waals surface area contributed by atoms with E-state index in [9.17, 15) is 14.4 Å². The molecule has 0 saturated heterocycles. The van der Waals surface area contributed by atoms with Gasteiger partial charge in [0.25, 0.3) is 5.91 Å². The Hall–Kier alpha value is -3.65. The van der Waals surface area contributed by atoms with Gasteiger partial charge in [-0.3, -0.25) is 4.79 Å². The van der Waals surface area contributed by atoms with Gasteiger partial charge in [0.1, 0.15) is 23.2 Å². The number of rotatable bonds is 4. The summed E-state index contributed by atoms with van der Waals surface area (Å²) in [5.74, 6) is -0.182. The third-order valence-electron chi connectivity index (χ3n) is 3.85. The highest BCUT2D eigenvalue weighted by molar-refractivity contribution is 6.09. The van der Waals surface area contributed by atoms with Crippen LogP contribution in [0.5, 0.6) is 5.75 Å². The van der Waals surface area contributed by atoms with Gasteiger partial charge < -0.3 is 10.1 Å². The van der Waals surface area contributed by atoms with Gasteiger partial charge in [0.15, 0.2) is 0 Å². The molecule has 4 nitrogen and oxygen atoms in total. The van der Waals surface area contributed by atoms with Crippen LogP contribution in [-0.4, -0.2) is 13.0 Å². The number of nitrogens with one attached hydrogen (secondary N) is 1. The van der Waals surface area contributed by atoms with Gasteiger partial charge in [-0.2, -0.15) is 5.26 Å². The van der Waals surface area contributed by atoms with Crippen molar-refractivity contribution in [3.05, 3.63) is 77.6 Å². The second kappa shape index (κ2) is 7.49. The summed E-state index contributed by atoms with van der Waals surface area (Å²) in [4.78, 5) is 12.3. The number of carbonyl (C=O) groups is 1. The molecule has 0 atom stereocenters. The number of fused-ring (bicyclic) bond motifs is 1. The molecule has 0 heterocycles. The lowest BCUT2D eigenvalue weighted by atomic mass is 10.0. The number of anilines is 1. The van der Waals surface area contributed by atoms with Crippen molar-refractivity contribution >= 4 is 28.4 Å². The minimum absolute atomic E-state index is 0.0396. The maximum atomic E-state index is 12.9. The van der Waals surface area contributed by atoms with Crippen LogP contribution in [0.4, 0.5) is 10.1 Å². The molecule has 0 aromatic heterocycles. The lowest BCUT2D eigenvalue weighted by molar-refractivity contribution is -0.112. The first kappa shape index (κ1) is 17.2. The molecule has 0 aliphatic heterocycles. The van der Waals surface area contributed by atoms with Crippen molar-refractivity contribution in [3.8, 4) is 11.8 Å². The molecule has 0 aliphatic rings. The van der Waals surface area contributed by atoms with Gasteiger partial charge in [-0.05, 0) is 64.9 Å². The van der Waals surface area contributed by atoms with Crippen LogP contribution >= 0.6 is 0 Å². The second-order valence-electron chi connectivity index (χ2n) is 5.60. The van der Waals surface area contributed by atoms with Crippen molar-refractivity contribution in [1.29, 1.82) is 5.26 Å². The summed E-state index contributed by atoms with van der Waals surface area (Å²) in [6, 6.07) is 18.5. The van der Waals surface area contributed by atoms with E-state index in [1.807, 2.05) is 42.5 Å². The fourth-order valence-corrected chi connectivity index (χ4v) is 2.51. The Balaban J connectivity index is 1.85. The van der Waals surface area contributed by atoms with Crippen molar-refractivity contribution in [1.82, 2.24) is 0 Å². The number of ether oxygens (including phenoxy) is 1. The van der Waals surface area contributed by atoms with E-state index >= 15 is 0 Å². The predicted octanol–water partition coefficient (Wildman–Crippen LogP) is 4.53. The molecule has 128 valence electrons. The Bertz CT molecular complexity index is 1030. The molecule has 3 rings (SSSR count). The van der Waals surface area contributed by atoms with E-state index in [-0.39, 0.29) is 5.57 Å². The smallest absolute Gasteiger partial charge is 0.266 e. The summed E-state index contributed by atoms with van der Waals surface area (Å²) in [6.45, 7) is 0. The third-order valence-corrected chi connectivity index (χ3v) is 3.85. The fraction of sp³-hybridized carbons (Fsp3) is 0.0476. The average molecular weight is 346 g/mol. The van der Waals surface area contributed by atoms with E-state index < -0.39 is 11.7 Å². The minimum atomic E-state index is -0.547. The van der Waals surface area contributed by atoms with Gasteiger partial charge in [0.05, 0.1) is 7.11 Å². The largest absolute Gasteiger partial charge is 0.497 e. The highest BCUT2D eigenvalue weighted by Gasteiger charge is 2.10. The van der Waals surface area contributed by atoms with Crippen LogP contribution in [0.25, 0.3) is 16.8 Å². The zero-order valence-electron chi connectivity index (χ0n) is 14.0. The number of nitrogens with zero attached hydrogens (tertiary/aromatic N) is 1. The summed E-state index contributed by atoms with van der Waals surface area (Å²) >= 11 is 0. The number of hydrogen-bond donors (Lipinski definition) is 1. The Morgan fingerprint density at radius 1 is 1.08 bits per heavy atom. The number of amides is 1. The molecule has 0 bridgehead atoms. The Labute approximate surface area is 150 Å². The first-order valence-electron chi connectivity index (χ1n) is 7.85. The molecular formula is C21H15FN2O2. The third kappa shape index (κ3) is 3.87. The molecule has 0 fully saturated rings. The molecule has 0 aliphatic carbocycles. The maximum absolute atomic E-state index is 12.9. The number of halogens is 1. The summed E-state index contributed by atoms with van der Waals surface area (Å²) in [5.41, 5.74) is 1.11. The summed E-state index contributed by atoms with van der Waals surface area (Å²) in [6.07, 6.45) is 1.52. The molecule has 0 unspecified atom stereocenters. The SMILES string of the molecule is COc1ccc2cc(/C=C(\C#N)C(=O)Nc3ccc(F)cc3)ccc2c1. The maximum Gasteiger partial charge on any atom is 0.266 e. The molecule has 26 heavy (non-hydrogen) atoms. The number of hydrogen-bond acceptors (Lipinski definition) is 3. The highest BCUT2D eigenvalue weighted by Crippen LogP contribution is 2.23. The van der Waals surface area contributed by atoms with Gasteiger partial charge in [0, 0.05) is 5.69 Å². The molecule has 1 N–H and O–H groups in total. The summed E-state index contributed by atoms with van der Waals surface area (Å²) in [7, 11) is 1.61. The molecule has 0 spiro atoms. The van der Waals surface area contributed by atoms with E-state index in [4.69, 9.17) is 4.74 Å². The molecule has 3 aromatic rings. The topological polar surface area (TPSA) is 62.1 Å². The Kier molecular flexibility index (Phi) is 4.95. The first-order chi connectivity index (χ1) is 12.6. The van der Waals surface area contributed by atoms with Gasteiger partial charge in [0.2, 0.25) is 0 Å². The Morgan fingerprint density at radius 2 is 1.77 bits per heavy atom. The summed E-state index contributed by atoms with van der Waals surface area (Å²) < 4.78 is 18.1. The van der Waals surface area contributed by atoms with Crippen LogP contribution in [0.1, 0.15) is 5.56 Å². The molecular weight excluding hydrogens is 331 g/mol. The predicted molar refractivity (Wildman–Crippen MR) is 99.1 cm³/mol. The summed E-state index contributed by atoms with van der Waals surface area (Å²) in [5, 5.41) is 13.8. The number of methoxy groups -OCH3 is 1. The number of carbonyl (C=O) groups excluding carboxylic acids is 1. The zero-order chi connectivity index (χ0) is 18.5. The fourth-order valence-electron chi connectivity index (χ4n) is 2.51. The quantitative estimate of drug-likeness (QED) is 0.557. The van der Waals surface area contributed by atoms with Crippen LogP contribution in [0.15, 0.2) is 66.2 Å². The molecule has 1 amide bonds. The minimum Gasteiger partial charge on any atom is -0.497 e. The van der Waals surface area contributed by atoms with Crippen LogP contribution < -0.4 is 10.1 Å². The first-order valence-corrected chi connectivity index (χ1v) is 7.85. The number of nitriles is 1.